The van der Waals surface area contributed by atoms with E-state index < -0.39 is 23.2 Å². The van der Waals surface area contributed by atoms with E-state index >= 15 is 0 Å². The zero-order valence-corrected chi connectivity index (χ0v) is 31.1. The number of nitrogens with one attached hydrogen (secondary N) is 1. The fraction of sp³-hybridized carbons (Fsp3) is 0.632. The van der Waals surface area contributed by atoms with Crippen molar-refractivity contribution in [1.29, 1.82) is 0 Å². The fourth-order valence-corrected chi connectivity index (χ4v) is 7.07. The second-order valence-electron chi connectivity index (χ2n) is 15.3. The van der Waals surface area contributed by atoms with Crippen LogP contribution in [0.2, 0.25) is 0 Å². The molecule has 1 N–H and O–H groups in total. The number of aryl methyl sites for hydroxylation is 1. The zero-order chi connectivity index (χ0) is 37.6. The molecule has 2 aromatic rings. The molecule has 0 spiro atoms. The van der Waals surface area contributed by atoms with Crippen molar-refractivity contribution < 1.29 is 37.0 Å². The molecule has 3 aliphatic heterocycles. The van der Waals surface area contributed by atoms with Crippen molar-refractivity contribution in [2.75, 3.05) is 52.5 Å². The first-order valence-corrected chi connectivity index (χ1v) is 18.3. The van der Waals surface area contributed by atoms with Crippen LogP contribution in [0.25, 0.3) is 11.3 Å². The van der Waals surface area contributed by atoms with Gasteiger partial charge in [0.2, 0.25) is 11.8 Å². The van der Waals surface area contributed by atoms with E-state index in [-0.39, 0.29) is 30.0 Å². The number of halogens is 3. The molecule has 52 heavy (non-hydrogen) atoms. The summed E-state index contributed by atoms with van der Waals surface area (Å²) in [6.07, 6.45) is -0.416. The number of carbonyl (C=O) groups excluding carboxylic acids is 3. The Labute approximate surface area is 304 Å². The number of nitrogens with zero attached hydrogens (tertiary/aromatic N) is 5. The number of rotatable bonds is 10. The number of alkyl halides is 3. The van der Waals surface area contributed by atoms with E-state index in [0.717, 1.165) is 49.0 Å². The molecule has 5 rings (SSSR count). The van der Waals surface area contributed by atoms with Gasteiger partial charge in [-0.3, -0.25) is 19.2 Å². The Bertz CT molecular complexity index is 1610. The summed E-state index contributed by atoms with van der Waals surface area (Å²) in [5, 5.41) is 7.57. The van der Waals surface area contributed by atoms with E-state index in [1.54, 1.807) is 18.7 Å². The molecule has 11 nitrogen and oxygen atoms in total. The van der Waals surface area contributed by atoms with E-state index in [1.165, 1.54) is 18.2 Å². The van der Waals surface area contributed by atoms with Gasteiger partial charge in [-0.1, -0.05) is 11.6 Å². The number of likely N-dealkylation sites (tertiary alicyclic amines) is 1. The maximum absolute atomic E-state index is 14.1. The molecule has 3 amide bonds. The highest BCUT2D eigenvalue weighted by molar-refractivity contribution is 5.88. The summed E-state index contributed by atoms with van der Waals surface area (Å²) in [6.45, 7) is 15.3. The number of hydrogen-bond donors (Lipinski definition) is 1. The van der Waals surface area contributed by atoms with Gasteiger partial charge in [0.05, 0.1) is 24.5 Å². The lowest BCUT2D eigenvalue weighted by Crippen LogP contribution is -2.43. The molecule has 286 valence electrons. The van der Waals surface area contributed by atoms with Crippen molar-refractivity contribution in [2.24, 2.45) is 5.92 Å². The third-order valence-electron chi connectivity index (χ3n) is 9.72. The van der Waals surface area contributed by atoms with Crippen LogP contribution in [-0.2, 0) is 51.3 Å². The van der Waals surface area contributed by atoms with Gasteiger partial charge in [0.1, 0.15) is 5.60 Å². The summed E-state index contributed by atoms with van der Waals surface area (Å²) in [5.41, 5.74) is 2.17. The first kappa shape index (κ1) is 39.3. The van der Waals surface area contributed by atoms with Crippen LogP contribution in [0.4, 0.5) is 18.0 Å². The SMILES string of the molecule is CC(C)=CC(=O)NCc1cc(-c2nn(CCCN3CCOCC3)c3c2CN(C(=O)CC2CCN(C(=O)OC(C)(C)C)CC2)CC3)ccc1C(F)(F)F. The number of ether oxygens (including phenoxy) is 2. The van der Waals surface area contributed by atoms with Crippen LogP contribution in [0.5, 0.6) is 0 Å². The number of amides is 3. The average molecular weight is 731 g/mol. The van der Waals surface area contributed by atoms with Gasteiger partial charge in [0, 0.05) is 94.6 Å². The highest BCUT2D eigenvalue weighted by atomic mass is 19.4. The summed E-state index contributed by atoms with van der Waals surface area (Å²) in [4.78, 5) is 44.5. The van der Waals surface area contributed by atoms with Crippen LogP contribution in [0, 0.1) is 5.92 Å². The fourth-order valence-electron chi connectivity index (χ4n) is 7.07. The summed E-state index contributed by atoms with van der Waals surface area (Å²) in [6, 6.07) is 3.95. The van der Waals surface area contributed by atoms with E-state index in [0.29, 0.717) is 82.9 Å². The van der Waals surface area contributed by atoms with Gasteiger partial charge in [-0.15, -0.1) is 0 Å². The van der Waals surface area contributed by atoms with Gasteiger partial charge in [0.15, 0.2) is 0 Å². The van der Waals surface area contributed by atoms with Crippen LogP contribution in [0.15, 0.2) is 29.8 Å². The number of allylic oxidation sites excluding steroid dienone is 1. The Balaban J connectivity index is 1.35. The van der Waals surface area contributed by atoms with E-state index in [1.807, 2.05) is 30.4 Å². The molecule has 0 aliphatic carbocycles. The molecule has 14 heteroatoms. The quantitative estimate of drug-likeness (QED) is 0.308. The van der Waals surface area contributed by atoms with Gasteiger partial charge >= 0.3 is 12.3 Å². The topological polar surface area (TPSA) is 109 Å². The minimum Gasteiger partial charge on any atom is -0.444 e. The van der Waals surface area contributed by atoms with E-state index in [2.05, 4.69) is 10.2 Å². The lowest BCUT2D eigenvalue weighted by Gasteiger charge is -2.34. The molecule has 0 unspecified atom stereocenters. The minimum atomic E-state index is -4.61. The van der Waals surface area contributed by atoms with Crippen molar-refractivity contribution in [3.63, 3.8) is 0 Å². The van der Waals surface area contributed by atoms with Crippen molar-refractivity contribution in [3.8, 4) is 11.3 Å². The molecule has 0 bridgehead atoms. The summed E-state index contributed by atoms with van der Waals surface area (Å²) >= 11 is 0. The number of aromatic nitrogens is 2. The van der Waals surface area contributed by atoms with Crippen molar-refractivity contribution >= 4 is 17.9 Å². The Morgan fingerprint density at radius 1 is 1.00 bits per heavy atom. The van der Waals surface area contributed by atoms with Crippen molar-refractivity contribution in [3.05, 3.63) is 52.2 Å². The molecule has 1 aromatic carbocycles. The zero-order valence-electron chi connectivity index (χ0n) is 31.1. The molecule has 0 atom stereocenters. The molecule has 0 saturated carbocycles. The summed E-state index contributed by atoms with van der Waals surface area (Å²) < 4.78 is 55.3. The largest absolute Gasteiger partial charge is 0.444 e. The number of piperidine rings is 1. The van der Waals surface area contributed by atoms with Crippen LogP contribution in [-0.4, -0.2) is 100 Å². The lowest BCUT2D eigenvalue weighted by atomic mass is 9.92. The second kappa shape index (κ2) is 16.8. The van der Waals surface area contributed by atoms with Gasteiger partial charge in [0.25, 0.3) is 0 Å². The number of fused-ring (bicyclic) bond motifs is 1. The maximum atomic E-state index is 14.1. The highest BCUT2D eigenvalue weighted by Gasteiger charge is 2.35. The maximum Gasteiger partial charge on any atom is 0.416 e. The Kier molecular flexibility index (Phi) is 12.7. The molecule has 1 aromatic heterocycles. The molecule has 3 aliphatic rings. The normalized spacial score (nSPS) is 17.5. The number of hydrogen-bond acceptors (Lipinski definition) is 7. The minimum absolute atomic E-state index is 0.0162. The van der Waals surface area contributed by atoms with Crippen molar-refractivity contribution in [1.82, 2.24) is 29.8 Å². The van der Waals surface area contributed by atoms with Crippen LogP contribution in [0.3, 0.4) is 0 Å². The molecular weight excluding hydrogens is 677 g/mol. The lowest BCUT2D eigenvalue weighted by molar-refractivity contribution is -0.138. The predicted molar refractivity (Wildman–Crippen MR) is 190 cm³/mol. The van der Waals surface area contributed by atoms with Gasteiger partial charge < -0.3 is 24.6 Å². The Morgan fingerprint density at radius 3 is 2.37 bits per heavy atom. The third-order valence-corrected chi connectivity index (χ3v) is 9.72. The predicted octanol–water partition coefficient (Wildman–Crippen LogP) is 5.80. The molecule has 2 saturated heterocycles. The Hall–Kier alpha value is -3.91. The second-order valence-corrected chi connectivity index (χ2v) is 15.3. The van der Waals surface area contributed by atoms with Crippen LogP contribution >= 0.6 is 0 Å². The molecule has 0 radical (unpaired) electrons. The standard InChI is InChI=1S/C38H53F3N6O5/c1-26(2)21-33(48)42-24-29-23-28(7-8-31(29)38(39,40)41)35-30-25-46(16-11-32(30)47(43-35)13-6-12-44-17-19-51-20-18-44)34(49)22-27-9-14-45(15-10-27)36(50)52-37(3,4)5/h7-8,21,23,27H,6,9-20,22,24-25H2,1-5H3,(H,42,48). The van der Waals surface area contributed by atoms with Crippen LogP contribution in [0.1, 0.15) is 82.7 Å². The van der Waals surface area contributed by atoms with Crippen molar-refractivity contribution in [2.45, 2.75) is 98.1 Å². The van der Waals surface area contributed by atoms with Gasteiger partial charge in [-0.2, -0.15) is 18.3 Å². The van der Waals surface area contributed by atoms with Gasteiger partial charge in [-0.25, -0.2) is 4.79 Å². The first-order valence-electron chi connectivity index (χ1n) is 18.3. The smallest absolute Gasteiger partial charge is 0.416 e. The Morgan fingerprint density at radius 2 is 1.71 bits per heavy atom. The third kappa shape index (κ3) is 10.6. The molecule has 2 fully saturated rings. The first-order chi connectivity index (χ1) is 24.6. The number of morpholine rings is 1. The average Bonchev–Trinajstić information content (AvgIpc) is 3.44. The number of carbonyl (C=O) groups is 3. The van der Waals surface area contributed by atoms with E-state index in [4.69, 9.17) is 14.6 Å². The summed E-state index contributed by atoms with van der Waals surface area (Å²) in [7, 11) is 0. The van der Waals surface area contributed by atoms with Gasteiger partial charge in [-0.05, 0) is 77.5 Å². The molecular formula is C38H53F3N6O5. The summed E-state index contributed by atoms with van der Waals surface area (Å²) in [5.74, 6) is -0.318. The van der Waals surface area contributed by atoms with Crippen LogP contribution < -0.4 is 5.32 Å². The molecule has 4 heterocycles. The monoisotopic (exact) mass is 730 g/mol. The van der Waals surface area contributed by atoms with E-state index in [9.17, 15) is 27.6 Å². The number of benzene rings is 1. The highest BCUT2D eigenvalue weighted by Crippen LogP contribution is 2.37.